The Kier molecular flexibility index (Phi) is 6.11. The molecule has 0 bridgehead atoms. The molecule has 0 spiro atoms. The number of nitrogens with one attached hydrogen (secondary N) is 2. The lowest BCUT2D eigenvalue weighted by molar-refractivity contribution is -0.134. The molecule has 1 aromatic rings. The number of hydrogen-bond donors (Lipinski definition) is 3. The Labute approximate surface area is 146 Å². The van der Waals surface area contributed by atoms with Crippen LogP contribution in [0.1, 0.15) is 25.3 Å². The highest BCUT2D eigenvalue weighted by Crippen LogP contribution is 2.16. The second kappa shape index (κ2) is 8.09. The zero-order valence-corrected chi connectivity index (χ0v) is 14.5. The fraction of sp³-hybridized carbons (Fsp3) is 0.294. The van der Waals surface area contributed by atoms with E-state index in [2.05, 4.69) is 10.0 Å². The second-order valence-electron chi connectivity index (χ2n) is 5.64. The van der Waals surface area contributed by atoms with E-state index in [1.54, 1.807) is 36.4 Å². The minimum Gasteiger partial charge on any atom is -0.478 e. The molecule has 8 heteroatoms. The molecule has 1 amide bonds. The predicted octanol–water partition coefficient (Wildman–Crippen LogP) is 1.30. The van der Waals surface area contributed by atoms with Crippen molar-refractivity contribution in [3.05, 3.63) is 59.3 Å². The molecule has 0 saturated carbocycles. The van der Waals surface area contributed by atoms with Gasteiger partial charge >= 0.3 is 5.97 Å². The Morgan fingerprint density at radius 1 is 1.32 bits per heavy atom. The van der Waals surface area contributed by atoms with Gasteiger partial charge in [0.1, 0.15) is 6.04 Å². The largest absolute Gasteiger partial charge is 0.478 e. The summed E-state index contributed by atoms with van der Waals surface area (Å²) in [5.41, 5.74) is 0.598. The van der Waals surface area contributed by atoms with Gasteiger partial charge in [-0.05, 0) is 18.1 Å². The first-order valence-corrected chi connectivity index (χ1v) is 9.47. The van der Waals surface area contributed by atoms with Crippen LogP contribution in [0.4, 0.5) is 0 Å². The van der Waals surface area contributed by atoms with E-state index in [4.69, 9.17) is 0 Å². The molecule has 0 radical (unpaired) electrons. The first kappa shape index (κ1) is 18.9. The molecular formula is C17H20N2O5S. The van der Waals surface area contributed by atoms with E-state index in [0.717, 1.165) is 6.42 Å². The highest BCUT2D eigenvalue weighted by Gasteiger charge is 2.35. The van der Waals surface area contributed by atoms with Gasteiger partial charge in [-0.2, -0.15) is 4.72 Å². The van der Waals surface area contributed by atoms with Gasteiger partial charge in [-0.1, -0.05) is 49.8 Å². The Morgan fingerprint density at radius 2 is 2.00 bits per heavy atom. The molecule has 1 unspecified atom stereocenters. The normalized spacial score (nSPS) is 19.4. The topological polar surface area (TPSA) is 113 Å². The van der Waals surface area contributed by atoms with Crippen molar-refractivity contribution >= 4 is 21.9 Å². The van der Waals surface area contributed by atoms with Gasteiger partial charge in [-0.3, -0.25) is 4.79 Å². The van der Waals surface area contributed by atoms with Crippen molar-refractivity contribution in [3.63, 3.8) is 0 Å². The minimum absolute atomic E-state index is 0.303. The average Bonchev–Trinajstić information content (AvgIpc) is 2.55. The van der Waals surface area contributed by atoms with Crippen molar-refractivity contribution in [2.75, 3.05) is 0 Å². The summed E-state index contributed by atoms with van der Waals surface area (Å²) in [6.45, 7) is 1.95. The molecule has 1 heterocycles. The molecule has 0 fully saturated rings. The summed E-state index contributed by atoms with van der Waals surface area (Å²) in [6.07, 6.45) is 4.50. The van der Waals surface area contributed by atoms with Gasteiger partial charge < -0.3 is 10.4 Å². The highest BCUT2D eigenvalue weighted by molar-refractivity contribution is 7.88. The van der Waals surface area contributed by atoms with E-state index in [1.807, 2.05) is 6.92 Å². The number of unbranched alkanes of at least 4 members (excludes halogenated alkanes) is 1. The molecule has 1 aromatic carbocycles. The Balaban J connectivity index is 2.24. The first-order chi connectivity index (χ1) is 11.8. The van der Waals surface area contributed by atoms with E-state index in [-0.39, 0.29) is 11.3 Å². The number of hydrogen-bond acceptors (Lipinski definition) is 4. The number of sulfonamides is 1. The second-order valence-corrected chi connectivity index (χ2v) is 7.39. The number of allylic oxidation sites excluding steroid dienone is 2. The summed E-state index contributed by atoms with van der Waals surface area (Å²) < 4.78 is 26.8. The quantitative estimate of drug-likeness (QED) is 0.675. The number of carbonyl (C=O) groups excluding carboxylic acids is 1. The molecule has 0 aromatic heterocycles. The number of amides is 1. The third kappa shape index (κ3) is 5.27. The van der Waals surface area contributed by atoms with E-state index in [1.165, 1.54) is 6.08 Å². The van der Waals surface area contributed by atoms with Gasteiger partial charge in [0.25, 0.3) is 0 Å². The van der Waals surface area contributed by atoms with Crippen LogP contribution in [0.15, 0.2) is 53.8 Å². The van der Waals surface area contributed by atoms with Crippen LogP contribution in [0.3, 0.4) is 0 Å². The number of aliphatic carboxylic acids is 1. The number of benzene rings is 1. The third-order valence-corrected chi connectivity index (χ3v) is 4.86. The van der Waals surface area contributed by atoms with Crippen molar-refractivity contribution < 1.29 is 23.1 Å². The van der Waals surface area contributed by atoms with Crippen molar-refractivity contribution in [3.8, 4) is 0 Å². The fourth-order valence-corrected chi connectivity index (χ4v) is 3.68. The molecule has 3 N–H and O–H groups in total. The highest BCUT2D eigenvalue weighted by atomic mass is 32.2. The van der Waals surface area contributed by atoms with Gasteiger partial charge in [0.05, 0.1) is 11.3 Å². The number of carbonyl (C=O) groups is 2. The monoisotopic (exact) mass is 364 g/mol. The molecule has 1 aliphatic heterocycles. The van der Waals surface area contributed by atoms with Gasteiger partial charge in [-0.15, -0.1) is 0 Å². The lowest BCUT2D eigenvalue weighted by Crippen LogP contribution is -2.51. The van der Waals surface area contributed by atoms with Crippen molar-refractivity contribution in [1.82, 2.24) is 10.0 Å². The molecule has 0 aliphatic carbocycles. The first-order valence-electron chi connectivity index (χ1n) is 7.82. The lowest BCUT2D eigenvalue weighted by atomic mass is 10.0. The van der Waals surface area contributed by atoms with Gasteiger partial charge in [0, 0.05) is 5.70 Å². The molecule has 7 nitrogen and oxygen atoms in total. The summed E-state index contributed by atoms with van der Waals surface area (Å²) in [5, 5.41) is 11.9. The Bertz CT molecular complexity index is 813. The van der Waals surface area contributed by atoms with Gasteiger partial charge in [0.2, 0.25) is 15.9 Å². The Morgan fingerprint density at radius 3 is 2.60 bits per heavy atom. The van der Waals surface area contributed by atoms with E-state index in [9.17, 15) is 23.1 Å². The van der Waals surface area contributed by atoms with Crippen LogP contribution in [-0.2, 0) is 25.4 Å². The molecule has 25 heavy (non-hydrogen) atoms. The van der Waals surface area contributed by atoms with Gasteiger partial charge in [-0.25, -0.2) is 13.2 Å². The zero-order valence-electron chi connectivity index (χ0n) is 13.7. The maximum absolute atomic E-state index is 12.3. The van der Waals surface area contributed by atoms with E-state index >= 15 is 0 Å². The van der Waals surface area contributed by atoms with Crippen molar-refractivity contribution in [1.29, 1.82) is 0 Å². The fourth-order valence-electron chi connectivity index (χ4n) is 2.37. The van der Waals surface area contributed by atoms with Crippen molar-refractivity contribution in [2.24, 2.45) is 0 Å². The van der Waals surface area contributed by atoms with Crippen LogP contribution in [0.5, 0.6) is 0 Å². The van der Waals surface area contributed by atoms with E-state index in [0.29, 0.717) is 17.7 Å². The summed E-state index contributed by atoms with van der Waals surface area (Å²) >= 11 is 0. The van der Waals surface area contributed by atoms with Crippen molar-refractivity contribution in [2.45, 2.75) is 31.6 Å². The summed E-state index contributed by atoms with van der Waals surface area (Å²) in [4.78, 5) is 23.7. The van der Waals surface area contributed by atoms with Gasteiger partial charge in [0.15, 0.2) is 0 Å². The van der Waals surface area contributed by atoms with E-state index < -0.39 is 27.9 Å². The zero-order chi connectivity index (χ0) is 18.4. The van der Waals surface area contributed by atoms with Crippen LogP contribution >= 0.6 is 0 Å². The SMILES string of the molecule is CCC/C=C1\C=C(C(=O)O)C(NS(=O)(=O)Cc2ccccc2)C(=O)N1. The summed E-state index contributed by atoms with van der Waals surface area (Å²) in [5.74, 6) is -2.40. The molecule has 2 rings (SSSR count). The maximum Gasteiger partial charge on any atom is 0.333 e. The van der Waals surface area contributed by atoms with Crippen LogP contribution in [0.25, 0.3) is 0 Å². The van der Waals surface area contributed by atoms with Crippen LogP contribution in [0.2, 0.25) is 0 Å². The molecule has 0 saturated heterocycles. The average molecular weight is 364 g/mol. The molecule has 134 valence electrons. The minimum atomic E-state index is -3.90. The summed E-state index contributed by atoms with van der Waals surface area (Å²) in [7, 11) is -3.90. The maximum atomic E-state index is 12.3. The number of carboxylic acids is 1. The standard InChI is InChI=1S/C17H20N2O5S/c1-2-3-9-13-10-14(17(21)22)15(16(20)18-13)19-25(23,24)11-12-7-5-4-6-8-12/h4-10,15,19H,2-3,11H2,1H3,(H,18,20)(H,21,22)/b13-9+. The smallest absolute Gasteiger partial charge is 0.333 e. The lowest BCUT2D eigenvalue weighted by Gasteiger charge is -2.24. The van der Waals surface area contributed by atoms with Crippen LogP contribution in [-0.4, -0.2) is 31.4 Å². The number of carboxylic acid groups (broad SMARTS) is 1. The van der Waals surface area contributed by atoms with Crippen LogP contribution in [0, 0.1) is 0 Å². The molecular weight excluding hydrogens is 344 g/mol. The third-order valence-electron chi connectivity index (χ3n) is 3.55. The molecule has 1 atom stereocenters. The Hall–Kier alpha value is -2.45. The number of rotatable bonds is 7. The molecule has 1 aliphatic rings. The predicted molar refractivity (Wildman–Crippen MR) is 92.8 cm³/mol. The van der Waals surface area contributed by atoms with Crippen LogP contribution < -0.4 is 10.0 Å². The summed E-state index contributed by atoms with van der Waals surface area (Å²) in [6, 6.07) is 6.97.